The van der Waals surface area contributed by atoms with E-state index < -0.39 is 0 Å². The second kappa shape index (κ2) is 8.25. The van der Waals surface area contributed by atoms with Gasteiger partial charge in [-0.25, -0.2) is 9.37 Å². The van der Waals surface area contributed by atoms with Crippen LogP contribution in [0, 0.1) is 11.7 Å². The predicted molar refractivity (Wildman–Crippen MR) is 95.9 cm³/mol. The van der Waals surface area contributed by atoms with Gasteiger partial charge in [-0.05, 0) is 55.8 Å². The zero-order chi connectivity index (χ0) is 17.1. The molecule has 1 saturated heterocycles. The van der Waals surface area contributed by atoms with Crippen molar-refractivity contribution in [2.75, 3.05) is 13.1 Å². The Hall–Kier alpha value is -2.51. The third-order valence-electron chi connectivity index (χ3n) is 4.12. The van der Waals surface area contributed by atoms with Crippen LogP contribution in [0.5, 0.6) is 11.6 Å². The molecule has 0 radical (unpaired) electrons. The van der Waals surface area contributed by atoms with E-state index in [0.29, 0.717) is 29.3 Å². The van der Waals surface area contributed by atoms with Gasteiger partial charge >= 0.3 is 0 Å². The minimum atomic E-state index is -0.308. The minimum Gasteiger partial charge on any atom is -0.439 e. The first-order valence-electron chi connectivity index (χ1n) is 8.19. The Balaban J connectivity index is 0.00000196. The van der Waals surface area contributed by atoms with E-state index in [1.807, 2.05) is 6.07 Å². The van der Waals surface area contributed by atoms with Crippen molar-refractivity contribution in [2.45, 2.75) is 12.8 Å². The molecule has 0 saturated carbocycles. The highest BCUT2D eigenvalue weighted by Gasteiger charge is 2.19. The van der Waals surface area contributed by atoms with Crippen molar-refractivity contribution >= 4 is 12.4 Å². The Bertz CT molecular complexity index is 833. The molecule has 0 bridgehead atoms. The lowest BCUT2D eigenvalue weighted by molar-refractivity contribution is 0.358. The Labute approximate surface area is 156 Å². The summed E-state index contributed by atoms with van der Waals surface area (Å²) in [7, 11) is 0. The molecule has 26 heavy (non-hydrogen) atoms. The summed E-state index contributed by atoms with van der Waals surface area (Å²) in [5.41, 5.74) is 0.756. The summed E-state index contributed by atoms with van der Waals surface area (Å²) in [6, 6.07) is 9.31. The number of nitrogens with one attached hydrogen (secondary N) is 1. The third kappa shape index (κ3) is 4.36. The van der Waals surface area contributed by atoms with E-state index in [4.69, 9.17) is 9.26 Å². The van der Waals surface area contributed by atoms with E-state index in [9.17, 15) is 4.39 Å². The highest BCUT2D eigenvalue weighted by molar-refractivity contribution is 5.85. The van der Waals surface area contributed by atoms with Crippen LogP contribution in [0.15, 0.2) is 47.1 Å². The van der Waals surface area contributed by atoms with Crippen molar-refractivity contribution in [1.29, 1.82) is 0 Å². The maximum atomic E-state index is 12.9. The predicted octanol–water partition coefficient (Wildman–Crippen LogP) is 3.64. The van der Waals surface area contributed by atoms with Crippen LogP contribution < -0.4 is 10.1 Å². The zero-order valence-electron chi connectivity index (χ0n) is 13.9. The first-order chi connectivity index (χ1) is 12.3. The van der Waals surface area contributed by atoms with Crippen molar-refractivity contribution in [1.82, 2.24) is 20.4 Å². The summed E-state index contributed by atoms with van der Waals surface area (Å²) in [5.74, 6) is 2.34. The molecule has 6 nitrogen and oxygen atoms in total. The molecule has 0 aliphatic carbocycles. The summed E-state index contributed by atoms with van der Waals surface area (Å²) < 4.78 is 23.8. The second-order valence-electron chi connectivity index (χ2n) is 6.02. The molecular formula is C18H18ClFN4O2. The lowest BCUT2D eigenvalue weighted by Crippen LogP contribution is -2.10. The standard InChI is InChI=1S/C18H17FN4O2.ClH/c19-14-2-4-15(5-3-14)24-16-6-1-13(11-21-16)18-22-17(25-23-18)9-12-7-8-20-10-12;/h1-6,11-12,20H,7-10H2;1H. The Morgan fingerprint density at radius 1 is 1.19 bits per heavy atom. The molecule has 2 aromatic heterocycles. The van der Waals surface area contributed by atoms with E-state index in [0.717, 1.165) is 31.5 Å². The van der Waals surface area contributed by atoms with Crippen LogP contribution in [-0.2, 0) is 6.42 Å². The summed E-state index contributed by atoms with van der Waals surface area (Å²) >= 11 is 0. The smallest absolute Gasteiger partial charge is 0.227 e. The van der Waals surface area contributed by atoms with Gasteiger partial charge in [0.25, 0.3) is 0 Å². The van der Waals surface area contributed by atoms with Gasteiger partial charge < -0.3 is 14.6 Å². The SMILES string of the molecule is Cl.Fc1ccc(Oc2ccc(-c3noc(CC4CCNC4)n3)cn2)cc1. The minimum absolute atomic E-state index is 0. The number of nitrogens with zero attached hydrogens (tertiary/aromatic N) is 3. The fraction of sp³-hybridized carbons (Fsp3) is 0.278. The Morgan fingerprint density at radius 2 is 2.04 bits per heavy atom. The lowest BCUT2D eigenvalue weighted by atomic mass is 10.1. The molecule has 4 rings (SSSR count). The van der Waals surface area contributed by atoms with Crippen LogP contribution in [0.3, 0.4) is 0 Å². The molecule has 1 aliphatic rings. The van der Waals surface area contributed by atoms with Crippen LogP contribution in [0.25, 0.3) is 11.4 Å². The van der Waals surface area contributed by atoms with Crippen molar-refractivity contribution in [3.63, 3.8) is 0 Å². The van der Waals surface area contributed by atoms with Crippen LogP contribution in [0.2, 0.25) is 0 Å². The van der Waals surface area contributed by atoms with Gasteiger partial charge in [-0.15, -0.1) is 12.4 Å². The number of aromatic nitrogens is 3. The van der Waals surface area contributed by atoms with E-state index in [-0.39, 0.29) is 18.2 Å². The first kappa shape index (κ1) is 18.3. The van der Waals surface area contributed by atoms with Gasteiger partial charge in [-0.1, -0.05) is 5.16 Å². The maximum Gasteiger partial charge on any atom is 0.227 e. The molecule has 3 heterocycles. The van der Waals surface area contributed by atoms with E-state index in [1.165, 1.54) is 12.1 Å². The number of benzene rings is 1. The number of pyridine rings is 1. The van der Waals surface area contributed by atoms with Gasteiger partial charge in [-0.2, -0.15) is 4.98 Å². The summed E-state index contributed by atoms with van der Waals surface area (Å²) in [6.07, 6.45) is 3.55. The molecule has 1 unspecified atom stereocenters. The largest absolute Gasteiger partial charge is 0.439 e. The van der Waals surface area contributed by atoms with Crippen LogP contribution >= 0.6 is 12.4 Å². The monoisotopic (exact) mass is 376 g/mol. The molecule has 0 spiro atoms. The van der Waals surface area contributed by atoms with Crippen LogP contribution in [0.1, 0.15) is 12.3 Å². The highest BCUT2D eigenvalue weighted by Crippen LogP contribution is 2.23. The fourth-order valence-electron chi connectivity index (χ4n) is 2.79. The second-order valence-corrected chi connectivity index (χ2v) is 6.02. The van der Waals surface area contributed by atoms with Crippen molar-refractivity contribution in [3.05, 3.63) is 54.3 Å². The normalized spacial score (nSPS) is 16.3. The molecule has 1 aliphatic heterocycles. The molecule has 1 atom stereocenters. The van der Waals surface area contributed by atoms with Gasteiger partial charge in [0.1, 0.15) is 11.6 Å². The molecule has 0 amide bonds. The molecule has 1 N–H and O–H groups in total. The maximum absolute atomic E-state index is 12.9. The van der Waals surface area contributed by atoms with Crippen molar-refractivity contribution in [3.8, 4) is 23.0 Å². The summed E-state index contributed by atoms with van der Waals surface area (Å²) in [4.78, 5) is 8.68. The molecule has 3 aromatic rings. The van der Waals surface area contributed by atoms with Crippen LogP contribution in [0.4, 0.5) is 4.39 Å². The van der Waals surface area contributed by atoms with Gasteiger partial charge in [-0.3, -0.25) is 0 Å². The first-order valence-corrected chi connectivity index (χ1v) is 8.19. The molecular weight excluding hydrogens is 359 g/mol. The Kier molecular flexibility index (Phi) is 5.80. The topological polar surface area (TPSA) is 73.1 Å². The van der Waals surface area contributed by atoms with E-state index in [2.05, 4.69) is 20.4 Å². The summed E-state index contributed by atoms with van der Waals surface area (Å²) in [5, 5.41) is 7.35. The number of hydrogen-bond donors (Lipinski definition) is 1. The highest BCUT2D eigenvalue weighted by atomic mass is 35.5. The number of rotatable bonds is 5. The van der Waals surface area contributed by atoms with E-state index >= 15 is 0 Å². The van der Waals surface area contributed by atoms with E-state index in [1.54, 1.807) is 24.4 Å². The molecule has 136 valence electrons. The van der Waals surface area contributed by atoms with Crippen molar-refractivity contribution in [2.24, 2.45) is 5.92 Å². The Morgan fingerprint density at radius 3 is 2.73 bits per heavy atom. The zero-order valence-corrected chi connectivity index (χ0v) is 14.7. The number of hydrogen-bond acceptors (Lipinski definition) is 6. The van der Waals surface area contributed by atoms with Gasteiger partial charge in [0.05, 0.1) is 0 Å². The van der Waals surface area contributed by atoms with Gasteiger partial charge in [0.15, 0.2) is 0 Å². The lowest BCUT2D eigenvalue weighted by Gasteiger charge is -2.04. The number of halogens is 2. The average Bonchev–Trinajstić information content (AvgIpc) is 3.30. The van der Waals surface area contributed by atoms with Gasteiger partial charge in [0.2, 0.25) is 17.6 Å². The van der Waals surface area contributed by atoms with Crippen molar-refractivity contribution < 1.29 is 13.7 Å². The molecule has 1 aromatic carbocycles. The number of ether oxygens (including phenoxy) is 1. The molecule has 8 heteroatoms. The third-order valence-corrected chi connectivity index (χ3v) is 4.12. The average molecular weight is 377 g/mol. The quantitative estimate of drug-likeness (QED) is 0.733. The fourth-order valence-corrected chi connectivity index (χ4v) is 2.79. The molecule has 1 fully saturated rings. The van der Waals surface area contributed by atoms with Crippen LogP contribution in [-0.4, -0.2) is 28.2 Å². The van der Waals surface area contributed by atoms with Gasteiger partial charge in [0, 0.05) is 24.2 Å². The summed E-state index contributed by atoms with van der Waals surface area (Å²) in [6.45, 7) is 2.04.